The smallest absolute Gasteiger partial charge is 0.228 e. The van der Waals surface area contributed by atoms with Crippen molar-refractivity contribution >= 4 is 5.91 Å². The van der Waals surface area contributed by atoms with Crippen molar-refractivity contribution in [3.05, 3.63) is 42.1 Å². The summed E-state index contributed by atoms with van der Waals surface area (Å²) < 4.78 is 5.31. The van der Waals surface area contributed by atoms with Crippen molar-refractivity contribution in [3.8, 4) is 11.3 Å². The molecule has 1 aliphatic rings. The summed E-state index contributed by atoms with van der Waals surface area (Å²) in [6.07, 6.45) is 3.78. The standard InChI is InChI=1S/C18H22N2O3/c1-20(13-18(22)9-5-6-10-18)17(21)12-15-11-16(23-19-15)14-7-3-2-4-8-14/h2-4,7-8,11,22H,5-6,9-10,12-13H2,1H3. The van der Waals surface area contributed by atoms with Crippen LogP contribution in [0.25, 0.3) is 11.3 Å². The highest BCUT2D eigenvalue weighted by molar-refractivity contribution is 5.78. The number of carbonyl (C=O) groups excluding carboxylic acids is 1. The van der Waals surface area contributed by atoms with Gasteiger partial charge in [0.2, 0.25) is 5.91 Å². The minimum absolute atomic E-state index is 0.0572. The van der Waals surface area contributed by atoms with Gasteiger partial charge in [-0.2, -0.15) is 0 Å². The molecule has 0 unspecified atom stereocenters. The fourth-order valence-corrected chi connectivity index (χ4v) is 3.14. The number of nitrogens with zero attached hydrogens (tertiary/aromatic N) is 2. The molecule has 1 aromatic heterocycles. The van der Waals surface area contributed by atoms with E-state index in [9.17, 15) is 9.90 Å². The maximum Gasteiger partial charge on any atom is 0.228 e. The Balaban J connectivity index is 1.61. The molecule has 3 rings (SSSR count). The molecule has 1 saturated carbocycles. The number of amides is 1. The molecular weight excluding hydrogens is 292 g/mol. The van der Waals surface area contributed by atoms with Gasteiger partial charge >= 0.3 is 0 Å². The number of aromatic nitrogens is 1. The predicted octanol–water partition coefficient (Wildman–Crippen LogP) is 2.65. The SMILES string of the molecule is CN(CC1(O)CCCC1)C(=O)Cc1cc(-c2ccccc2)on1. The van der Waals surface area contributed by atoms with Crippen molar-refractivity contribution in [1.82, 2.24) is 10.1 Å². The quantitative estimate of drug-likeness (QED) is 0.921. The summed E-state index contributed by atoms with van der Waals surface area (Å²) in [7, 11) is 1.73. The van der Waals surface area contributed by atoms with Crippen LogP contribution < -0.4 is 0 Å². The van der Waals surface area contributed by atoms with Crippen LogP contribution in [0.5, 0.6) is 0 Å². The van der Waals surface area contributed by atoms with E-state index in [-0.39, 0.29) is 12.3 Å². The molecule has 0 atom stereocenters. The normalized spacial score (nSPS) is 16.4. The Bertz CT molecular complexity index is 660. The molecule has 1 amide bonds. The predicted molar refractivity (Wildman–Crippen MR) is 86.7 cm³/mol. The van der Waals surface area contributed by atoms with Gasteiger partial charge in [0.15, 0.2) is 5.76 Å². The Kier molecular flexibility index (Phi) is 4.48. The van der Waals surface area contributed by atoms with E-state index in [4.69, 9.17) is 4.52 Å². The monoisotopic (exact) mass is 314 g/mol. The van der Waals surface area contributed by atoms with Gasteiger partial charge < -0.3 is 14.5 Å². The molecule has 0 bridgehead atoms. The van der Waals surface area contributed by atoms with Gasteiger partial charge in [-0.3, -0.25) is 4.79 Å². The van der Waals surface area contributed by atoms with Gasteiger partial charge in [-0.05, 0) is 12.8 Å². The maximum absolute atomic E-state index is 12.3. The minimum Gasteiger partial charge on any atom is -0.388 e. The molecule has 2 aromatic rings. The van der Waals surface area contributed by atoms with E-state index in [1.165, 1.54) is 0 Å². The van der Waals surface area contributed by atoms with Crippen LogP contribution in [-0.2, 0) is 11.2 Å². The number of rotatable bonds is 5. The van der Waals surface area contributed by atoms with Crippen LogP contribution in [0.2, 0.25) is 0 Å². The fourth-order valence-electron chi connectivity index (χ4n) is 3.14. The third-order valence-corrected chi connectivity index (χ3v) is 4.44. The molecule has 122 valence electrons. The van der Waals surface area contributed by atoms with Gasteiger partial charge in [-0.1, -0.05) is 48.3 Å². The van der Waals surface area contributed by atoms with Gasteiger partial charge in [0.25, 0.3) is 0 Å². The number of likely N-dealkylation sites (N-methyl/N-ethyl adjacent to an activating group) is 1. The van der Waals surface area contributed by atoms with Crippen molar-refractivity contribution in [2.75, 3.05) is 13.6 Å². The topological polar surface area (TPSA) is 66.6 Å². The van der Waals surface area contributed by atoms with Crippen LogP contribution in [0.3, 0.4) is 0 Å². The Hall–Kier alpha value is -2.14. The van der Waals surface area contributed by atoms with Crippen molar-refractivity contribution in [3.63, 3.8) is 0 Å². The molecule has 23 heavy (non-hydrogen) atoms. The average Bonchev–Trinajstić information content (AvgIpc) is 3.17. The van der Waals surface area contributed by atoms with Crippen LogP contribution in [0, 0.1) is 0 Å². The second kappa shape index (κ2) is 6.54. The van der Waals surface area contributed by atoms with E-state index in [1.807, 2.05) is 30.3 Å². The van der Waals surface area contributed by atoms with Crippen molar-refractivity contribution in [2.24, 2.45) is 0 Å². The van der Waals surface area contributed by atoms with E-state index < -0.39 is 5.60 Å². The maximum atomic E-state index is 12.3. The Morgan fingerprint density at radius 3 is 2.70 bits per heavy atom. The summed E-state index contributed by atoms with van der Waals surface area (Å²) in [6.45, 7) is 0.384. The van der Waals surface area contributed by atoms with Crippen molar-refractivity contribution < 1.29 is 14.4 Å². The Labute approximate surface area is 135 Å². The second-order valence-electron chi connectivity index (χ2n) is 6.41. The highest BCUT2D eigenvalue weighted by Gasteiger charge is 2.33. The largest absolute Gasteiger partial charge is 0.388 e. The molecule has 0 radical (unpaired) electrons. The van der Waals surface area contributed by atoms with Crippen LogP contribution in [0.1, 0.15) is 31.4 Å². The summed E-state index contributed by atoms with van der Waals surface area (Å²) in [5.74, 6) is 0.601. The first-order chi connectivity index (χ1) is 11.1. The van der Waals surface area contributed by atoms with Crippen LogP contribution in [0.15, 0.2) is 40.9 Å². The Morgan fingerprint density at radius 1 is 1.30 bits per heavy atom. The number of hydrogen-bond donors (Lipinski definition) is 1. The number of aliphatic hydroxyl groups is 1. The van der Waals surface area contributed by atoms with Crippen LogP contribution in [-0.4, -0.2) is 40.3 Å². The molecule has 0 saturated heterocycles. The van der Waals surface area contributed by atoms with Gasteiger partial charge in [-0.25, -0.2) is 0 Å². The summed E-state index contributed by atoms with van der Waals surface area (Å²) in [4.78, 5) is 13.9. The summed E-state index contributed by atoms with van der Waals surface area (Å²) in [5, 5.41) is 14.4. The average molecular weight is 314 g/mol. The lowest BCUT2D eigenvalue weighted by Crippen LogP contribution is -2.42. The lowest BCUT2D eigenvalue weighted by Gasteiger charge is -2.28. The Morgan fingerprint density at radius 2 is 2.00 bits per heavy atom. The molecule has 5 nitrogen and oxygen atoms in total. The van der Waals surface area contributed by atoms with E-state index in [0.717, 1.165) is 31.2 Å². The fraction of sp³-hybridized carbons (Fsp3) is 0.444. The van der Waals surface area contributed by atoms with Gasteiger partial charge in [0.05, 0.1) is 17.7 Å². The second-order valence-corrected chi connectivity index (χ2v) is 6.41. The number of carbonyl (C=O) groups is 1. The summed E-state index contributed by atoms with van der Waals surface area (Å²) in [5.41, 5.74) is 0.829. The van der Waals surface area contributed by atoms with Crippen molar-refractivity contribution in [2.45, 2.75) is 37.7 Å². The molecule has 1 heterocycles. The first kappa shape index (κ1) is 15.7. The lowest BCUT2D eigenvalue weighted by molar-refractivity contribution is -0.132. The van der Waals surface area contributed by atoms with E-state index in [0.29, 0.717) is 18.0 Å². The zero-order valence-corrected chi connectivity index (χ0v) is 13.4. The van der Waals surface area contributed by atoms with Crippen LogP contribution >= 0.6 is 0 Å². The summed E-state index contributed by atoms with van der Waals surface area (Å²) >= 11 is 0. The zero-order valence-electron chi connectivity index (χ0n) is 13.4. The molecule has 1 fully saturated rings. The zero-order chi connectivity index (χ0) is 16.3. The number of hydrogen-bond acceptors (Lipinski definition) is 4. The first-order valence-electron chi connectivity index (χ1n) is 8.03. The molecule has 0 spiro atoms. The minimum atomic E-state index is -0.719. The molecule has 0 aliphatic heterocycles. The molecule has 1 N–H and O–H groups in total. The highest BCUT2D eigenvalue weighted by Crippen LogP contribution is 2.30. The van der Waals surface area contributed by atoms with Gasteiger partial charge in [0.1, 0.15) is 0 Å². The third-order valence-electron chi connectivity index (χ3n) is 4.44. The first-order valence-corrected chi connectivity index (χ1v) is 8.03. The highest BCUT2D eigenvalue weighted by atomic mass is 16.5. The van der Waals surface area contributed by atoms with E-state index >= 15 is 0 Å². The van der Waals surface area contributed by atoms with E-state index in [1.54, 1.807) is 18.0 Å². The van der Waals surface area contributed by atoms with Gasteiger partial charge in [0, 0.05) is 25.2 Å². The van der Waals surface area contributed by atoms with Crippen molar-refractivity contribution in [1.29, 1.82) is 0 Å². The summed E-state index contributed by atoms with van der Waals surface area (Å²) in [6, 6.07) is 11.5. The third kappa shape index (κ3) is 3.79. The van der Waals surface area contributed by atoms with Gasteiger partial charge in [-0.15, -0.1) is 0 Å². The number of benzene rings is 1. The van der Waals surface area contributed by atoms with E-state index in [2.05, 4.69) is 5.16 Å². The molecule has 1 aromatic carbocycles. The molecule has 5 heteroatoms. The molecule has 1 aliphatic carbocycles. The lowest BCUT2D eigenvalue weighted by atomic mass is 10.0. The molecular formula is C18H22N2O3. The van der Waals surface area contributed by atoms with Crippen LogP contribution in [0.4, 0.5) is 0 Å².